The van der Waals surface area contributed by atoms with Crippen LogP contribution in [-0.2, 0) is 6.54 Å². The lowest BCUT2D eigenvalue weighted by molar-refractivity contribution is 0.618. The van der Waals surface area contributed by atoms with E-state index in [1.54, 1.807) is 4.68 Å². The van der Waals surface area contributed by atoms with Gasteiger partial charge < -0.3 is 11.1 Å². The predicted molar refractivity (Wildman–Crippen MR) is 59.5 cm³/mol. The van der Waals surface area contributed by atoms with Crippen LogP contribution in [0, 0.1) is 11.3 Å². The molecule has 1 aromatic heterocycles. The van der Waals surface area contributed by atoms with E-state index in [0.717, 1.165) is 0 Å². The predicted octanol–water partition coefficient (Wildman–Crippen LogP) is -0.538. The molecule has 0 aliphatic carbocycles. The van der Waals surface area contributed by atoms with Crippen molar-refractivity contribution in [1.29, 1.82) is 5.26 Å². The van der Waals surface area contributed by atoms with Crippen molar-refractivity contribution in [3.63, 3.8) is 0 Å². The number of rotatable bonds is 4. The summed E-state index contributed by atoms with van der Waals surface area (Å²) in [5.74, 6) is 0.577. The van der Waals surface area contributed by atoms with Crippen LogP contribution < -0.4 is 11.1 Å². The van der Waals surface area contributed by atoms with Crippen molar-refractivity contribution in [2.24, 2.45) is 10.7 Å². The molecule has 0 saturated carbocycles. The highest BCUT2D eigenvalue weighted by Gasteiger charge is 1.98. The van der Waals surface area contributed by atoms with Crippen LogP contribution >= 0.6 is 0 Å². The molecule has 0 radical (unpaired) electrons. The quantitative estimate of drug-likeness (QED) is 0.525. The molecule has 0 atom stereocenters. The summed E-state index contributed by atoms with van der Waals surface area (Å²) in [5.41, 5.74) is 5.61. The van der Waals surface area contributed by atoms with Gasteiger partial charge in [-0.25, -0.2) is 9.67 Å². The third kappa shape index (κ3) is 3.96. The monoisotopic (exact) mass is 221 g/mol. The van der Waals surface area contributed by atoms with Crippen LogP contribution in [0.1, 0.15) is 19.7 Å². The van der Waals surface area contributed by atoms with Gasteiger partial charge in [-0.05, 0) is 13.8 Å². The van der Waals surface area contributed by atoms with E-state index < -0.39 is 0 Å². The molecule has 0 fully saturated rings. The van der Waals surface area contributed by atoms with Gasteiger partial charge in [-0.3, -0.25) is 4.99 Å². The summed E-state index contributed by atoms with van der Waals surface area (Å²) in [6, 6.07) is 2.12. The fourth-order valence-corrected chi connectivity index (χ4v) is 1.07. The zero-order valence-electron chi connectivity index (χ0n) is 9.38. The van der Waals surface area contributed by atoms with Crippen molar-refractivity contribution >= 4 is 5.96 Å². The summed E-state index contributed by atoms with van der Waals surface area (Å²) >= 11 is 0. The molecule has 0 bridgehead atoms. The number of hydrogen-bond acceptors (Lipinski definition) is 4. The minimum atomic E-state index is 0.164. The maximum Gasteiger partial charge on any atom is 0.252 e. The summed E-state index contributed by atoms with van der Waals surface area (Å²) < 4.78 is 1.56. The zero-order chi connectivity index (χ0) is 12.0. The number of nitrogens with two attached hydrogens (primary N) is 1. The molecule has 16 heavy (non-hydrogen) atoms. The Bertz CT molecular complexity index is 398. The second-order valence-corrected chi connectivity index (χ2v) is 3.51. The Morgan fingerprint density at radius 1 is 1.75 bits per heavy atom. The van der Waals surface area contributed by atoms with Crippen LogP contribution in [0.25, 0.3) is 0 Å². The number of nitrogens with one attached hydrogen (secondary N) is 1. The number of aromatic nitrogens is 3. The number of nitriles is 1. The molecular formula is C9H15N7. The van der Waals surface area contributed by atoms with Crippen molar-refractivity contribution in [1.82, 2.24) is 20.1 Å². The van der Waals surface area contributed by atoms with E-state index in [2.05, 4.69) is 20.4 Å². The highest BCUT2D eigenvalue weighted by molar-refractivity contribution is 5.77. The van der Waals surface area contributed by atoms with Gasteiger partial charge in [0.05, 0.1) is 13.1 Å². The van der Waals surface area contributed by atoms with Gasteiger partial charge in [-0.2, -0.15) is 5.26 Å². The topological polar surface area (TPSA) is 105 Å². The Morgan fingerprint density at radius 2 is 2.50 bits per heavy atom. The molecule has 0 aliphatic heterocycles. The summed E-state index contributed by atoms with van der Waals surface area (Å²) in [7, 11) is 0. The van der Waals surface area contributed by atoms with Crippen LogP contribution in [-0.4, -0.2) is 33.3 Å². The van der Waals surface area contributed by atoms with E-state index in [9.17, 15) is 0 Å². The number of nitrogens with zero attached hydrogens (tertiary/aromatic N) is 5. The molecule has 1 heterocycles. The Hall–Kier alpha value is -2.10. The number of aliphatic imine (C=N–C) groups is 1. The molecule has 7 heteroatoms. The van der Waals surface area contributed by atoms with E-state index in [-0.39, 0.29) is 11.9 Å². The zero-order valence-corrected chi connectivity index (χ0v) is 9.38. The Morgan fingerprint density at radius 3 is 3.06 bits per heavy atom. The summed E-state index contributed by atoms with van der Waals surface area (Å²) in [4.78, 5) is 7.88. The first-order valence-corrected chi connectivity index (χ1v) is 4.98. The highest BCUT2D eigenvalue weighted by atomic mass is 15.3. The molecule has 86 valence electrons. The maximum absolute atomic E-state index is 8.52. The van der Waals surface area contributed by atoms with Crippen LogP contribution in [0.5, 0.6) is 0 Å². The SMILES string of the molecule is CC(C)NC(N)=NCCn1cnc(C#N)n1. The second kappa shape index (κ2) is 5.70. The normalized spacial score (nSPS) is 11.5. The molecule has 7 nitrogen and oxygen atoms in total. The standard InChI is InChI=1S/C9H15N7/c1-7(2)14-9(11)12-3-4-16-6-13-8(5-10)15-16/h6-7H,3-4H2,1-2H3,(H3,11,12,14). The van der Waals surface area contributed by atoms with Crippen molar-refractivity contribution in [3.05, 3.63) is 12.2 Å². The van der Waals surface area contributed by atoms with E-state index in [1.165, 1.54) is 6.33 Å². The molecule has 0 spiro atoms. The first kappa shape index (κ1) is 12.0. The van der Waals surface area contributed by atoms with Crippen molar-refractivity contribution in [2.75, 3.05) is 6.54 Å². The molecule has 3 N–H and O–H groups in total. The lowest BCUT2D eigenvalue weighted by atomic mass is 10.4. The summed E-state index contributed by atoms with van der Waals surface area (Å²) in [6.07, 6.45) is 1.50. The number of guanidine groups is 1. The van der Waals surface area contributed by atoms with Crippen LogP contribution in [0.15, 0.2) is 11.3 Å². The average molecular weight is 221 g/mol. The minimum Gasteiger partial charge on any atom is -0.370 e. The van der Waals surface area contributed by atoms with E-state index >= 15 is 0 Å². The first-order chi connectivity index (χ1) is 7.61. The number of hydrogen-bond donors (Lipinski definition) is 2. The molecule has 0 unspecified atom stereocenters. The van der Waals surface area contributed by atoms with Gasteiger partial charge in [0, 0.05) is 6.04 Å². The van der Waals surface area contributed by atoms with E-state index in [4.69, 9.17) is 11.0 Å². The van der Waals surface area contributed by atoms with E-state index in [1.807, 2.05) is 19.9 Å². The van der Waals surface area contributed by atoms with Gasteiger partial charge in [-0.1, -0.05) is 0 Å². The van der Waals surface area contributed by atoms with Gasteiger partial charge >= 0.3 is 0 Å². The lowest BCUT2D eigenvalue weighted by Gasteiger charge is -2.08. The van der Waals surface area contributed by atoms with Gasteiger partial charge in [0.1, 0.15) is 12.4 Å². The van der Waals surface area contributed by atoms with Crippen LogP contribution in [0.2, 0.25) is 0 Å². The average Bonchev–Trinajstić information content (AvgIpc) is 2.64. The highest BCUT2D eigenvalue weighted by Crippen LogP contribution is 1.87. The minimum absolute atomic E-state index is 0.164. The van der Waals surface area contributed by atoms with Gasteiger partial charge in [-0.15, -0.1) is 5.10 Å². The molecule has 0 saturated heterocycles. The molecule has 1 rings (SSSR count). The Balaban J connectivity index is 2.38. The summed E-state index contributed by atoms with van der Waals surface area (Å²) in [5, 5.41) is 15.4. The van der Waals surface area contributed by atoms with Crippen molar-refractivity contribution < 1.29 is 0 Å². The second-order valence-electron chi connectivity index (χ2n) is 3.51. The third-order valence-corrected chi connectivity index (χ3v) is 1.68. The van der Waals surface area contributed by atoms with Gasteiger partial charge in [0.15, 0.2) is 5.96 Å². The van der Waals surface area contributed by atoms with Crippen LogP contribution in [0.4, 0.5) is 0 Å². The summed E-state index contributed by atoms with van der Waals surface area (Å²) in [6.45, 7) is 5.02. The maximum atomic E-state index is 8.52. The van der Waals surface area contributed by atoms with Gasteiger partial charge in [0.25, 0.3) is 5.82 Å². The van der Waals surface area contributed by atoms with Crippen molar-refractivity contribution in [3.8, 4) is 6.07 Å². The van der Waals surface area contributed by atoms with Gasteiger partial charge in [0.2, 0.25) is 0 Å². The molecule has 0 amide bonds. The largest absolute Gasteiger partial charge is 0.370 e. The fourth-order valence-electron chi connectivity index (χ4n) is 1.07. The molecule has 0 aliphatic rings. The fraction of sp³-hybridized carbons (Fsp3) is 0.556. The lowest BCUT2D eigenvalue weighted by Crippen LogP contribution is -2.37. The first-order valence-electron chi connectivity index (χ1n) is 4.98. The molecule has 1 aromatic rings. The smallest absolute Gasteiger partial charge is 0.252 e. The molecular weight excluding hydrogens is 206 g/mol. The Labute approximate surface area is 94.0 Å². The van der Waals surface area contributed by atoms with E-state index in [0.29, 0.717) is 19.0 Å². The van der Waals surface area contributed by atoms with Crippen molar-refractivity contribution in [2.45, 2.75) is 26.4 Å². The Kier molecular flexibility index (Phi) is 4.27. The van der Waals surface area contributed by atoms with Crippen LogP contribution in [0.3, 0.4) is 0 Å². The molecule has 0 aromatic carbocycles. The third-order valence-electron chi connectivity index (χ3n) is 1.68.